The standard InChI is InChI=1S/C13H22N4O4/c1-10-4-2-3-5-17(10)13(21)8-16-12(20)7-15-11(19)6-14-9-18/h9-10H,2-8H2,1H3,(H,14,18)(H,15,19)(H,16,20)/t10-/m0/s1. The quantitative estimate of drug-likeness (QED) is 0.490. The van der Waals surface area contributed by atoms with Crippen LogP contribution in [0.15, 0.2) is 0 Å². The van der Waals surface area contributed by atoms with Gasteiger partial charge in [-0.1, -0.05) is 0 Å². The summed E-state index contributed by atoms with van der Waals surface area (Å²) in [4.78, 5) is 46.4. The lowest BCUT2D eigenvalue weighted by Gasteiger charge is -2.33. The molecule has 8 nitrogen and oxygen atoms in total. The van der Waals surface area contributed by atoms with Crippen LogP contribution in [0.2, 0.25) is 0 Å². The first-order chi connectivity index (χ1) is 10.0. The summed E-state index contributed by atoms with van der Waals surface area (Å²) in [6.07, 6.45) is 3.50. The fourth-order valence-corrected chi connectivity index (χ4v) is 2.18. The molecule has 0 aliphatic carbocycles. The number of piperidine rings is 1. The predicted octanol–water partition coefficient (Wildman–Crippen LogP) is -1.63. The van der Waals surface area contributed by atoms with E-state index in [0.717, 1.165) is 25.8 Å². The van der Waals surface area contributed by atoms with Crippen molar-refractivity contribution in [2.45, 2.75) is 32.2 Å². The van der Waals surface area contributed by atoms with E-state index in [0.29, 0.717) is 6.41 Å². The molecule has 3 N–H and O–H groups in total. The van der Waals surface area contributed by atoms with Gasteiger partial charge in [-0.25, -0.2) is 0 Å². The summed E-state index contributed by atoms with van der Waals surface area (Å²) in [5, 5.41) is 6.99. The van der Waals surface area contributed by atoms with Gasteiger partial charge in [0.2, 0.25) is 24.1 Å². The number of hydrogen-bond acceptors (Lipinski definition) is 4. The fraction of sp³-hybridized carbons (Fsp3) is 0.692. The van der Waals surface area contributed by atoms with E-state index in [4.69, 9.17) is 0 Å². The van der Waals surface area contributed by atoms with Gasteiger partial charge in [-0.15, -0.1) is 0 Å². The topological polar surface area (TPSA) is 108 Å². The molecule has 21 heavy (non-hydrogen) atoms. The van der Waals surface area contributed by atoms with Crippen molar-refractivity contribution in [2.75, 3.05) is 26.2 Å². The second kappa shape index (κ2) is 8.93. The number of nitrogens with one attached hydrogen (secondary N) is 3. The van der Waals surface area contributed by atoms with Crippen molar-refractivity contribution in [1.29, 1.82) is 0 Å². The molecule has 0 saturated carbocycles. The van der Waals surface area contributed by atoms with Crippen LogP contribution < -0.4 is 16.0 Å². The zero-order chi connectivity index (χ0) is 15.7. The molecule has 1 fully saturated rings. The highest BCUT2D eigenvalue weighted by molar-refractivity contribution is 5.89. The number of amides is 4. The van der Waals surface area contributed by atoms with Crippen molar-refractivity contribution in [3.63, 3.8) is 0 Å². The van der Waals surface area contributed by atoms with Gasteiger partial charge in [-0.3, -0.25) is 19.2 Å². The van der Waals surface area contributed by atoms with Crippen LogP contribution in [0.4, 0.5) is 0 Å². The molecule has 118 valence electrons. The molecule has 1 aliphatic heterocycles. The number of hydrogen-bond donors (Lipinski definition) is 3. The predicted molar refractivity (Wildman–Crippen MR) is 75.1 cm³/mol. The van der Waals surface area contributed by atoms with Crippen LogP contribution in [0.25, 0.3) is 0 Å². The van der Waals surface area contributed by atoms with Crippen LogP contribution in [0, 0.1) is 0 Å². The molecule has 1 rings (SSSR count). The van der Waals surface area contributed by atoms with Crippen molar-refractivity contribution in [2.24, 2.45) is 0 Å². The van der Waals surface area contributed by atoms with Crippen LogP contribution in [0.3, 0.4) is 0 Å². The van der Waals surface area contributed by atoms with Crippen molar-refractivity contribution >= 4 is 24.1 Å². The molecule has 1 saturated heterocycles. The van der Waals surface area contributed by atoms with Gasteiger partial charge in [0, 0.05) is 12.6 Å². The average Bonchev–Trinajstić information content (AvgIpc) is 2.48. The lowest BCUT2D eigenvalue weighted by molar-refractivity contribution is -0.135. The molecular formula is C13H22N4O4. The molecule has 0 bridgehead atoms. The highest BCUT2D eigenvalue weighted by atomic mass is 16.2. The molecule has 0 unspecified atom stereocenters. The SMILES string of the molecule is C[C@H]1CCCCN1C(=O)CNC(=O)CNC(=O)CNC=O. The third-order valence-corrected chi connectivity index (χ3v) is 3.35. The van der Waals surface area contributed by atoms with E-state index in [1.807, 2.05) is 6.92 Å². The van der Waals surface area contributed by atoms with Crippen LogP contribution in [0.5, 0.6) is 0 Å². The Hall–Kier alpha value is -2.12. The summed E-state index contributed by atoms with van der Waals surface area (Å²) in [6.45, 7) is 2.26. The minimum Gasteiger partial charge on any atom is -0.350 e. The molecule has 1 atom stereocenters. The Morgan fingerprint density at radius 2 is 1.76 bits per heavy atom. The zero-order valence-electron chi connectivity index (χ0n) is 12.2. The Morgan fingerprint density at radius 1 is 1.10 bits per heavy atom. The summed E-state index contributed by atoms with van der Waals surface area (Å²) in [7, 11) is 0. The maximum absolute atomic E-state index is 12.0. The second-order valence-corrected chi connectivity index (χ2v) is 4.98. The normalized spacial score (nSPS) is 17.8. The molecule has 0 radical (unpaired) electrons. The van der Waals surface area contributed by atoms with Gasteiger partial charge in [-0.2, -0.15) is 0 Å². The van der Waals surface area contributed by atoms with E-state index in [2.05, 4.69) is 16.0 Å². The Kier molecular flexibility index (Phi) is 7.20. The maximum atomic E-state index is 12.0. The molecule has 8 heteroatoms. The van der Waals surface area contributed by atoms with Gasteiger partial charge in [-0.05, 0) is 26.2 Å². The third-order valence-electron chi connectivity index (χ3n) is 3.35. The van der Waals surface area contributed by atoms with E-state index >= 15 is 0 Å². The van der Waals surface area contributed by atoms with Crippen molar-refractivity contribution in [1.82, 2.24) is 20.9 Å². The number of nitrogens with zero attached hydrogens (tertiary/aromatic N) is 1. The monoisotopic (exact) mass is 298 g/mol. The smallest absolute Gasteiger partial charge is 0.242 e. The van der Waals surface area contributed by atoms with Crippen molar-refractivity contribution in [3.8, 4) is 0 Å². The Labute approximate surface area is 123 Å². The maximum Gasteiger partial charge on any atom is 0.242 e. The van der Waals surface area contributed by atoms with Crippen molar-refractivity contribution < 1.29 is 19.2 Å². The van der Waals surface area contributed by atoms with Crippen LogP contribution in [-0.2, 0) is 19.2 Å². The Bertz CT molecular complexity index is 400. The number of carbonyl (C=O) groups is 4. The number of carbonyl (C=O) groups excluding carboxylic acids is 4. The van der Waals surface area contributed by atoms with Gasteiger partial charge in [0.15, 0.2) is 0 Å². The summed E-state index contributed by atoms with van der Waals surface area (Å²) in [5.41, 5.74) is 0. The first kappa shape index (κ1) is 16.9. The lowest BCUT2D eigenvalue weighted by atomic mass is 10.0. The van der Waals surface area contributed by atoms with Crippen LogP contribution >= 0.6 is 0 Å². The van der Waals surface area contributed by atoms with Gasteiger partial charge >= 0.3 is 0 Å². The molecule has 0 aromatic heterocycles. The Morgan fingerprint density at radius 3 is 2.43 bits per heavy atom. The fourth-order valence-electron chi connectivity index (χ4n) is 2.18. The minimum absolute atomic E-state index is 0.0639. The second-order valence-electron chi connectivity index (χ2n) is 4.98. The highest BCUT2D eigenvalue weighted by Crippen LogP contribution is 2.15. The van der Waals surface area contributed by atoms with E-state index in [1.165, 1.54) is 0 Å². The summed E-state index contributed by atoms with van der Waals surface area (Å²) in [6, 6.07) is 0.206. The molecule has 1 heterocycles. The van der Waals surface area contributed by atoms with E-state index in [1.54, 1.807) is 4.90 Å². The van der Waals surface area contributed by atoms with Crippen LogP contribution in [0.1, 0.15) is 26.2 Å². The summed E-state index contributed by atoms with van der Waals surface area (Å²) in [5.74, 6) is -1.01. The van der Waals surface area contributed by atoms with Gasteiger partial charge < -0.3 is 20.9 Å². The molecule has 1 aliphatic rings. The van der Waals surface area contributed by atoms with E-state index in [9.17, 15) is 19.2 Å². The molecule has 4 amide bonds. The average molecular weight is 298 g/mol. The number of rotatable bonds is 7. The van der Waals surface area contributed by atoms with E-state index in [-0.39, 0.29) is 31.6 Å². The van der Waals surface area contributed by atoms with E-state index < -0.39 is 11.8 Å². The third kappa shape index (κ3) is 6.24. The van der Waals surface area contributed by atoms with Gasteiger partial charge in [0.1, 0.15) is 0 Å². The van der Waals surface area contributed by atoms with Crippen LogP contribution in [-0.4, -0.2) is 61.3 Å². The number of likely N-dealkylation sites (tertiary alicyclic amines) is 1. The lowest BCUT2D eigenvalue weighted by Crippen LogP contribution is -2.48. The largest absolute Gasteiger partial charge is 0.350 e. The first-order valence-electron chi connectivity index (χ1n) is 7.04. The zero-order valence-corrected chi connectivity index (χ0v) is 12.2. The van der Waals surface area contributed by atoms with Gasteiger partial charge in [0.25, 0.3) is 0 Å². The minimum atomic E-state index is -0.465. The molecule has 0 aromatic carbocycles. The van der Waals surface area contributed by atoms with Crippen molar-refractivity contribution in [3.05, 3.63) is 0 Å². The molecular weight excluding hydrogens is 276 g/mol. The molecule has 0 aromatic rings. The summed E-state index contributed by atoms with van der Waals surface area (Å²) < 4.78 is 0. The first-order valence-corrected chi connectivity index (χ1v) is 7.04. The Balaban J connectivity index is 2.21. The van der Waals surface area contributed by atoms with Gasteiger partial charge in [0.05, 0.1) is 19.6 Å². The summed E-state index contributed by atoms with van der Waals surface area (Å²) >= 11 is 0. The molecule has 0 spiro atoms. The highest BCUT2D eigenvalue weighted by Gasteiger charge is 2.23.